The highest BCUT2D eigenvalue weighted by atomic mass is 79.9. The van der Waals surface area contributed by atoms with Gasteiger partial charge in [0.25, 0.3) is 5.91 Å². The van der Waals surface area contributed by atoms with Crippen LogP contribution < -0.4 is 4.90 Å². The van der Waals surface area contributed by atoms with E-state index < -0.39 is 6.04 Å². The van der Waals surface area contributed by atoms with Gasteiger partial charge in [0.2, 0.25) is 0 Å². The maximum atomic E-state index is 13.2. The lowest BCUT2D eigenvalue weighted by molar-refractivity contribution is -0.129. The number of rotatable bonds is 3. The molecule has 3 aromatic carbocycles. The van der Waals surface area contributed by atoms with E-state index in [2.05, 4.69) is 38.4 Å². The highest BCUT2D eigenvalue weighted by molar-refractivity contribution is 9.10. The Bertz CT molecular complexity index is 1120. The molecule has 0 N–H and O–H groups in total. The molecular formula is C21H15BrN4O. The van der Waals surface area contributed by atoms with Crippen molar-refractivity contribution in [3.05, 3.63) is 88.9 Å². The molecule has 0 bridgehead atoms. The van der Waals surface area contributed by atoms with Crippen LogP contribution in [0.4, 0.5) is 5.69 Å². The Hall–Kier alpha value is -2.99. The van der Waals surface area contributed by atoms with Gasteiger partial charge >= 0.3 is 0 Å². The SMILES string of the molecule is O=C1[C@H](n2nnc3ccccc32)[C@@H](c2ccccc2)N1c1ccc(Br)cc1. The minimum Gasteiger partial charge on any atom is -0.300 e. The summed E-state index contributed by atoms with van der Waals surface area (Å²) < 4.78 is 2.74. The summed E-state index contributed by atoms with van der Waals surface area (Å²) in [6, 6.07) is 25.0. The molecule has 5 rings (SSSR count). The second-order valence-corrected chi connectivity index (χ2v) is 7.42. The van der Waals surface area contributed by atoms with Crippen LogP contribution in [0.3, 0.4) is 0 Å². The second-order valence-electron chi connectivity index (χ2n) is 6.51. The fraction of sp³-hybridized carbons (Fsp3) is 0.0952. The van der Waals surface area contributed by atoms with Crippen molar-refractivity contribution < 1.29 is 4.79 Å². The quantitative estimate of drug-likeness (QED) is 0.459. The molecule has 6 heteroatoms. The minimum atomic E-state index is -0.413. The minimum absolute atomic E-state index is 0.0156. The predicted octanol–water partition coefficient (Wildman–Crippen LogP) is 4.52. The fourth-order valence-electron chi connectivity index (χ4n) is 3.68. The number of carbonyl (C=O) groups excluding carboxylic acids is 1. The van der Waals surface area contributed by atoms with Crippen molar-refractivity contribution in [3.63, 3.8) is 0 Å². The van der Waals surface area contributed by atoms with Gasteiger partial charge in [0.15, 0.2) is 6.04 Å². The molecule has 0 aliphatic carbocycles. The van der Waals surface area contributed by atoms with Gasteiger partial charge in [0, 0.05) is 10.2 Å². The average Bonchev–Trinajstić information content (AvgIpc) is 3.12. The zero-order valence-corrected chi connectivity index (χ0v) is 15.8. The third kappa shape index (κ3) is 2.56. The van der Waals surface area contributed by atoms with Gasteiger partial charge < -0.3 is 4.90 Å². The van der Waals surface area contributed by atoms with Crippen molar-refractivity contribution >= 4 is 38.6 Å². The van der Waals surface area contributed by atoms with Gasteiger partial charge in [-0.05, 0) is 42.0 Å². The van der Waals surface area contributed by atoms with Crippen molar-refractivity contribution in [1.29, 1.82) is 0 Å². The van der Waals surface area contributed by atoms with Crippen LogP contribution in [-0.2, 0) is 4.79 Å². The summed E-state index contributed by atoms with van der Waals surface area (Å²) in [5.41, 5.74) is 3.61. The van der Waals surface area contributed by atoms with E-state index in [9.17, 15) is 4.79 Å². The Kier molecular flexibility index (Phi) is 3.79. The second kappa shape index (κ2) is 6.32. The van der Waals surface area contributed by atoms with Crippen LogP contribution in [0.15, 0.2) is 83.3 Å². The molecular weight excluding hydrogens is 404 g/mol. The number of aromatic nitrogens is 3. The lowest BCUT2D eigenvalue weighted by Gasteiger charge is -2.47. The van der Waals surface area contributed by atoms with E-state index in [1.165, 1.54) is 0 Å². The van der Waals surface area contributed by atoms with Crippen LogP contribution in [0.1, 0.15) is 17.6 Å². The normalized spacial score (nSPS) is 19.3. The Morgan fingerprint density at radius 1 is 0.815 bits per heavy atom. The Labute approximate surface area is 164 Å². The number of hydrogen-bond donors (Lipinski definition) is 0. The van der Waals surface area contributed by atoms with Gasteiger partial charge in [-0.3, -0.25) is 4.79 Å². The summed E-state index contributed by atoms with van der Waals surface area (Å²) in [6.45, 7) is 0. The number of amides is 1. The number of anilines is 1. The van der Waals surface area contributed by atoms with E-state index in [0.717, 1.165) is 26.8 Å². The molecule has 0 radical (unpaired) electrons. The zero-order valence-electron chi connectivity index (χ0n) is 14.2. The molecule has 1 amide bonds. The lowest BCUT2D eigenvalue weighted by atomic mass is 9.87. The molecule has 0 spiro atoms. The number of halogens is 1. The smallest absolute Gasteiger partial charge is 0.255 e. The van der Waals surface area contributed by atoms with E-state index in [-0.39, 0.29) is 11.9 Å². The Morgan fingerprint density at radius 2 is 1.52 bits per heavy atom. The van der Waals surface area contributed by atoms with Gasteiger partial charge in [-0.25, -0.2) is 4.68 Å². The molecule has 2 atom stereocenters. The van der Waals surface area contributed by atoms with Crippen molar-refractivity contribution in [2.45, 2.75) is 12.1 Å². The van der Waals surface area contributed by atoms with Crippen molar-refractivity contribution in [2.75, 3.05) is 4.90 Å². The molecule has 1 aromatic heterocycles. The molecule has 1 fully saturated rings. The summed E-state index contributed by atoms with van der Waals surface area (Å²) >= 11 is 3.45. The first-order chi connectivity index (χ1) is 13.2. The number of fused-ring (bicyclic) bond motifs is 1. The van der Waals surface area contributed by atoms with E-state index in [4.69, 9.17) is 0 Å². The number of nitrogens with zero attached hydrogens (tertiary/aromatic N) is 4. The topological polar surface area (TPSA) is 51.0 Å². The third-order valence-electron chi connectivity index (χ3n) is 4.95. The molecule has 2 heterocycles. The fourth-order valence-corrected chi connectivity index (χ4v) is 3.94. The largest absolute Gasteiger partial charge is 0.300 e. The zero-order chi connectivity index (χ0) is 18.4. The molecule has 4 aromatic rings. The number of benzene rings is 3. The highest BCUT2D eigenvalue weighted by Crippen LogP contribution is 2.46. The van der Waals surface area contributed by atoms with Crippen LogP contribution in [0, 0.1) is 0 Å². The Balaban J connectivity index is 1.63. The molecule has 132 valence electrons. The monoisotopic (exact) mass is 418 g/mol. The first-order valence-corrected chi connectivity index (χ1v) is 9.47. The number of hydrogen-bond acceptors (Lipinski definition) is 3. The van der Waals surface area contributed by atoms with Crippen molar-refractivity contribution in [3.8, 4) is 0 Å². The average molecular weight is 419 g/mol. The first kappa shape index (κ1) is 16.2. The summed E-state index contributed by atoms with van der Waals surface area (Å²) in [6.07, 6.45) is 0. The van der Waals surface area contributed by atoms with Gasteiger partial charge in [-0.15, -0.1) is 5.10 Å². The van der Waals surface area contributed by atoms with E-state index in [0.29, 0.717) is 0 Å². The molecule has 5 nitrogen and oxygen atoms in total. The van der Waals surface area contributed by atoms with Crippen LogP contribution in [0.2, 0.25) is 0 Å². The standard InChI is InChI=1S/C21H15BrN4O/c22-15-10-12-16(13-11-15)25-19(14-6-2-1-3-7-14)20(21(25)27)26-18-9-5-4-8-17(18)23-24-26/h1-13,19-20H/t19-,20-/m1/s1. The number of β-lactam (4-membered cyclic amide) rings is 1. The summed E-state index contributed by atoms with van der Waals surface area (Å²) in [5, 5.41) is 8.53. The number of para-hydroxylation sites is 1. The molecule has 1 aliphatic rings. The van der Waals surface area contributed by atoms with E-state index >= 15 is 0 Å². The van der Waals surface area contributed by atoms with Crippen LogP contribution in [-0.4, -0.2) is 20.9 Å². The summed E-state index contributed by atoms with van der Waals surface area (Å²) in [7, 11) is 0. The maximum absolute atomic E-state index is 13.2. The molecule has 0 unspecified atom stereocenters. The summed E-state index contributed by atoms with van der Waals surface area (Å²) in [5.74, 6) is 0.0156. The van der Waals surface area contributed by atoms with Gasteiger partial charge in [-0.1, -0.05) is 63.6 Å². The molecule has 1 saturated heterocycles. The van der Waals surface area contributed by atoms with Crippen LogP contribution in [0.25, 0.3) is 11.0 Å². The predicted molar refractivity (Wildman–Crippen MR) is 107 cm³/mol. The van der Waals surface area contributed by atoms with E-state index in [1.54, 1.807) is 4.68 Å². The summed E-state index contributed by atoms with van der Waals surface area (Å²) in [4.78, 5) is 15.0. The van der Waals surface area contributed by atoms with Gasteiger partial charge in [-0.2, -0.15) is 0 Å². The first-order valence-electron chi connectivity index (χ1n) is 8.67. The van der Waals surface area contributed by atoms with Crippen molar-refractivity contribution in [2.24, 2.45) is 0 Å². The lowest BCUT2D eigenvalue weighted by Crippen LogP contribution is -2.56. The molecule has 1 aliphatic heterocycles. The van der Waals surface area contributed by atoms with Crippen LogP contribution >= 0.6 is 15.9 Å². The van der Waals surface area contributed by atoms with Gasteiger partial charge in [0.05, 0.1) is 11.6 Å². The highest BCUT2D eigenvalue weighted by Gasteiger charge is 2.51. The Morgan fingerprint density at radius 3 is 2.30 bits per heavy atom. The maximum Gasteiger partial charge on any atom is 0.255 e. The van der Waals surface area contributed by atoms with Crippen LogP contribution in [0.5, 0.6) is 0 Å². The number of carbonyl (C=O) groups is 1. The van der Waals surface area contributed by atoms with Gasteiger partial charge in [0.1, 0.15) is 5.52 Å². The molecule has 0 saturated carbocycles. The van der Waals surface area contributed by atoms with Crippen molar-refractivity contribution in [1.82, 2.24) is 15.0 Å². The van der Waals surface area contributed by atoms with E-state index in [1.807, 2.05) is 71.6 Å². The third-order valence-corrected chi connectivity index (χ3v) is 5.48. The molecule has 27 heavy (non-hydrogen) atoms.